The van der Waals surface area contributed by atoms with E-state index < -0.39 is 0 Å². The standard InChI is InChI=1S/C16H25N7S.HI/c1-13-12-14(2)23(20-13)6-3-4-18-15(17)21-7-9-22(10-8-21)16-19-5-11-24-16;/h5,11-12H,3-4,6-10H2,1-2H3,(H2,17,18);1H. The van der Waals surface area contributed by atoms with E-state index in [9.17, 15) is 0 Å². The van der Waals surface area contributed by atoms with Gasteiger partial charge in [-0.15, -0.1) is 35.3 Å². The second-order valence-corrected chi connectivity index (χ2v) is 6.91. The fraction of sp³-hybridized carbons (Fsp3) is 0.562. The molecule has 1 aliphatic rings. The number of nitrogens with two attached hydrogens (primary N) is 1. The van der Waals surface area contributed by atoms with Crippen molar-refractivity contribution in [1.29, 1.82) is 0 Å². The van der Waals surface area contributed by atoms with Crippen molar-refractivity contribution in [2.75, 3.05) is 37.6 Å². The van der Waals surface area contributed by atoms with Crippen LogP contribution in [0.3, 0.4) is 0 Å². The van der Waals surface area contributed by atoms with Gasteiger partial charge in [-0.2, -0.15) is 5.10 Å². The van der Waals surface area contributed by atoms with Gasteiger partial charge < -0.3 is 15.5 Å². The van der Waals surface area contributed by atoms with Crippen LogP contribution in [0.1, 0.15) is 17.8 Å². The van der Waals surface area contributed by atoms with Crippen molar-refractivity contribution >= 4 is 46.4 Å². The van der Waals surface area contributed by atoms with Gasteiger partial charge in [-0.1, -0.05) is 0 Å². The highest BCUT2D eigenvalue weighted by atomic mass is 127. The van der Waals surface area contributed by atoms with Gasteiger partial charge in [0.25, 0.3) is 0 Å². The minimum Gasteiger partial charge on any atom is -0.370 e. The molecular formula is C16H26IN7S. The Morgan fingerprint density at radius 2 is 2.04 bits per heavy atom. The van der Waals surface area contributed by atoms with Gasteiger partial charge in [-0.3, -0.25) is 9.67 Å². The third-order valence-corrected chi connectivity index (χ3v) is 5.03. The van der Waals surface area contributed by atoms with Gasteiger partial charge in [0.15, 0.2) is 11.1 Å². The number of aryl methyl sites for hydroxylation is 3. The molecule has 1 fully saturated rings. The molecule has 0 aromatic carbocycles. The molecule has 3 heterocycles. The lowest BCUT2D eigenvalue weighted by Gasteiger charge is -2.35. The van der Waals surface area contributed by atoms with E-state index in [1.807, 2.05) is 23.2 Å². The predicted molar refractivity (Wildman–Crippen MR) is 114 cm³/mol. The summed E-state index contributed by atoms with van der Waals surface area (Å²) in [6.07, 6.45) is 2.80. The van der Waals surface area contributed by atoms with E-state index in [0.29, 0.717) is 5.96 Å². The molecule has 0 atom stereocenters. The van der Waals surface area contributed by atoms with Crippen LogP contribution in [0.4, 0.5) is 5.13 Å². The first-order valence-electron chi connectivity index (χ1n) is 8.34. The minimum absolute atomic E-state index is 0. The molecule has 2 N–H and O–H groups in total. The van der Waals surface area contributed by atoms with Gasteiger partial charge in [0.1, 0.15) is 0 Å². The zero-order valence-electron chi connectivity index (χ0n) is 14.8. The summed E-state index contributed by atoms with van der Waals surface area (Å²) >= 11 is 1.68. The zero-order chi connectivity index (χ0) is 16.9. The summed E-state index contributed by atoms with van der Waals surface area (Å²) in [6, 6.07) is 2.10. The molecule has 2 aromatic rings. The maximum atomic E-state index is 6.15. The van der Waals surface area contributed by atoms with Crippen LogP contribution >= 0.6 is 35.3 Å². The van der Waals surface area contributed by atoms with Gasteiger partial charge in [0.2, 0.25) is 0 Å². The van der Waals surface area contributed by atoms with Crippen LogP contribution in [-0.4, -0.2) is 58.3 Å². The lowest BCUT2D eigenvalue weighted by Crippen LogP contribution is -2.51. The van der Waals surface area contributed by atoms with E-state index in [0.717, 1.165) is 56.5 Å². The van der Waals surface area contributed by atoms with Crippen LogP contribution < -0.4 is 10.6 Å². The molecule has 25 heavy (non-hydrogen) atoms. The molecule has 2 aromatic heterocycles. The third-order valence-electron chi connectivity index (χ3n) is 4.20. The van der Waals surface area contributed by atoms with Crippen molar-refractivity contribution in [3.8, 4) is 0 Å². The Hall–Kier alpha value is -1.36. The molecule has 3 rings (SSSR count). The highest BCUT2D eigenvalue weighted by Gasteiger charge is 2.19. The Kier molecular flexibility index (Phi) is 7.48. The van der Waals surface area contributed by atoms with E-state index in [2.05, 4.69) is 37.9 Å². The van der Waals surface area contributed by atoms with Crippen LogP contribution in [0.2, 0.25) is 0 Å². The van der Waals surface area contributed by atoms with Crippen molar-refractivity contribution in [2.45, 2.75) is 26.8 Å². The number of rotatable bonds is 5. The summed E-state index contributed by atoms with van der Waals surface area (Å²) < 4.78 is 2.04. The molecule has 7 nitrogen and oxygen atoms in total. The molecule has 0 aliphatic carbocycles. The zero-order valence-corrected chi connectivity index (χ0v) is 17.9. The van der Waals surface area contributed by atoms with Crippen LogP contribution in [0, 0.1) is 13.8 Å². The molecule has 0 bridgehead atoms. The first-order chi connectivity index (χ1) is 11.6. The molecule has 0 saturated carbocycles. The number of aromatic nitrogens is 3. The molecule has 1 aliphatic heterocycles. The smallest absolute Gasteiger partial charge is 0.191 e. The number of hydrogen-bond acceptors (Lipinski definition) is 5. The maximum absolute atomic E-state index is 6.15. The van der Waals surface area contributed by atoms with Crippen LogP contribution in [0.5, 0.6) is 0 Å². The number of guanidine groups is 1. The Morgan fingerprint density at radius 3 is 2.64 bits per heavy atom. The molecule has 1 saturated heterocycles. The highest BCUT2D eigenvalue weighted by Crippen LogP contribution is 2.18. The number of aliphatic imine (C=N–C) groups is 1. The predicted octanol–water partition coefficient (Wildman–Crippen LogP) is 2.10. The lowest BCUT2D eigenvalue weighted by atomic mass is 10.3. The van der Waals surface area contributed by atoms with E-state index in [4.69, 9.17) is 5.73 Å². The van der Waals surface area contributed by atoms with Gasteiger partial charge in [-0.05, 0) is 26.3 Å². The Bertz CT molecular complexity index is 675. The van der Waals surface area contributed by atoms with Crippen LogP contribution in [0.15, 0.2) is 22.6 Å². The number of anilines is 1. The number of thiazole rings is 1. The average Bonchev–Trinajstić information content (AvgIpc) is 3.21. The summed E-state index contributed by atoms with van der Waals surface area (Å²) in [4.78, 5) is 13.4. The summed E-state index contributed by atoms with van der Waals surface area (Å²) in [6.45, 7) is 9.39. The number of hydrogen-bond donors (Lipinski definition) is 1. The van der Waals surface area contributed by atoms with Gasteiger partial charge >= 0.3 is 0 Å². The second kappa shape index (κ2) is 9.37. The first-order valence-corrected chi connectivity index (χ1v) is 9.22. The van der Waals surface area contributed by atoms with E-state index in [1.165, 1.54) is 5.69 Å². The minimum atomic E-state index is 0. The summed E-state index contributed by atoms with van der Waals surface area (Å²) in [5.74, 6) is 0.655. The summed E-state index contributed by atoms with van der Waals surface area (Å²) in [5, 5.41) is 7.57. The second-order valence-electron chi connectivity index (χ2n) is 6.03. The average molecular weight is 475 g/mol. The quantitative estimate of drug-likeness (QED) is 0.310. The summed E-state index contributed by atoms with van der Waals surface area (Å²) in [5.41, 5.74) is 8.41. The van der Waals surface area contributed by atoms with Crippen LogP contribution in [0.25, 0.3) is 0 Å². The molecule has 0 radical (unpaired) electrons. The van der Waals surface area contributed by atoms with E-state index in [1.54, 1.807) is 11.3 Å². The van der Waals surface area contributed by atoms with Crippen molar-refractivity contribution in [3.63, 3.8) is 0 Å². The lowest BCUT2D eigenvalue weighted by molar-refractivity contribution is 0.380. The monoisotopic (exact) mass is 475 g/mol. The molecule has 0 unspecified atom stereocenters. The van der Waals surface area contributed by atoms with Gasteiger partial charge in [0, 0.05) is 56.5 Å². The normalized spacial score (nSPS) is 15.4. The first kappa shape index (κ1) is 20.0. The highest BCUT2D eigenvalue weighted by molar-refractivity contribution is 14.0. The van der Waals surface area contributed by atoms with Crippen molar-refractivity contribution in [3.05, 3.63) is 29.0 Å². The van der Waals surface area contributed by atoms with Crippen molar-refractivity contribution in [1.82, 2.24) is 19.7 Å². The largest absolute Gasteiger partial charge is 0.370 e. The van der Waals surface area contributed by atoms with Crippen molar-refractivity contribution in [2.24, 2.45) is 10.7 Å². The van der Waals surface area contributed by atoms with E-state index >= 15 is 0 Å². The number of piperazine rings is 1. The van der Waals surface area contributed by atoms with E-state index in [-0.39, 0.29) is 24.0 Å². The van der Waals surface area contributed by atoms with Gasteiger partial charge in [-0.25, -0.2) is 4.98 Å². The Labute approximate surface area is 169 Å². The van der Waals surface area contributed by atoms with Crippen LogP contribution in [-0.2, 0) is 6.54 Å². The SMILES string of the molecule is Cc1cc(C)n(CCCN=C(N)N2CCN(c3nccs3)CC2)n1.I. The fourth-order valence-electron chi connectivity index (χ4n) is 2.91. The Balaban J connectivity index is 0.00000225. The number of nitrogens with zero attached hydrogens (tertiary/aromatic N) is 6. The maximum Gasteiger partial charge on any atom is 0.191 e. The van der Waals surface area contributed by atoms with Gasteiger partial charge in [0.05, 0.1) is 5.69 Å². The molecule has 138 valence electrons. The molecule has 0 spiro atoms. The Morgan fingerprint density at radius 1 is 1.28 bits per heavy atom. The summed E-state index contributed by atoms with van der Waals surface area (Å²) in [7, 11) is 0. The molecule has 0 amide bonds. The molecule has 9 heteroatoms. The third kappa shape index (κ3) is 5.30. The molecular weight excluding hydrogens is 449 g/mol. The fourth-order valence-corrected chi connectivity index (χ4v) is 3.61. The van der Waals surface area contributed by atoms with Crippen molar-refractivity contribution < 1.29 is 0 Å². The number of halogens is 1. The topological polar surface area (TPSA) is 75.6 Å².